The van der Waals surface area contributed by atoms with Crippen LogP contribution in [0, 0.1) is 17.7 Å². The lowest BCUT2D eigenvalue weighted by Gasteiger charge is -2.37. The van der Waals surface area contributed by atoms with Crippen LogP contribution in [0.3, 0.4) is 0 Å². The number of amides is 2. The van der Waals surface area contributed by atoms with E-state index >= 15 is 0 Å². The molecule has 0 aromatic heterocycles. The van der Waals surface area contributed by atoms with E-state index in [1.54, 1.807) is 18.2 Å². The van der Waals surface area contributed by atoms with Crippen molar-refractivity contribution in [3.8, 4) is 0 Å². The van der Waals surface area contributed by atoms with Crippen molar-refractivity contribution in [3.63, 3.8) is 0 Å². The van der Waals surface area contributed by atoms with E-state index in [9.17, 15) is 14.0 Å². The molecule has 1 unspecified atom stereocenters. The van der Waals surface area contributed by atoms with E-state index in [0.717, 1.165) is 12.8 Å². The third-order valence-electron chi connectivity index (χ3n) is 5.14. The molecule has 0 radical (unpaired) electrons. The molecule has 0 aliphatic carbocycles. The summed E-state index contributed by atoms with van der Waals surface area (Å²) in [6.07, 6.45) is 2.11. The number of hydrogen-bond acceptors (Lipinski definition) is 2. The molecule has 0 spiro atoms. The zero-order valence-corrected chi connectivity index (χ0v) is 15.5. The lowest BCUT2D eigenvalue weighted by molar-refractivity contribution is -0.144. The van der Waals surface area contributed by atoms with E-state index in [0.29, 0.717) is 38.2 Å². The van der Waals surface area contributed by atoms with Gasteiger partial charge in [-0.15, -0.1) is 0 Å². The molecular formula is C20H29FN2O2. The number of nitrogens with zero attached hydrogens (tertiary/aromatic N) is 2. The van der Waals surface area contributed by atoms with Crippen LogP contribution in [0.2, 0.25) is 0 Å². The fraction of sp³-hybridized carbons (Fsp3) is 0.600. The van der Waals surface area contributed by atoms with Gasteiger partial charge >= 0.3 is 0 Å². The van der Waals surface area contributed by atoms with Gasteiger partial charge in [0.25, 0.3) is 0 Å². The van der Waals surface area contributed by atoms with Gasteiger partial charge in [0.1, 0.15) is 5.82 Å². The predicted octanol–water partition coefficient (Wildman–Crippen LogP) is 3.11. The molecule has 0 bridgehead atoms. The molecule has 5 heteroatoms. The van der Waals surface area contributed by atoms with Gasteiger partial charge in [-0.25, -0.2) is 4.39 Å². The van der Waals surface area contributed by atoms with Crippen LogP contribution >= 0.6 is 0 Å². The van der Waals surface area contributed by atoms with Crippen LogP contribution < -0.4 is 0 Å². The Morgan fingerprint density at radius 3 is 2.04 bits per heavy atom. The average Bonchev–Trinajstić information content (AvgIpc) is 2.64. The van der Waals surface area contributed by atoms with E-state index in [1.807, 2.05) is 30.6 Å². The first kappa shape index (κ1) is 19.4. The van der Waals surface area contributed by atoms with Crippen LogP contribution in [0.5, 0.6) is 0 Å². The molecule has 1 aromatic carbocycles. The first-order valence-corrected chi connectivity index (χ1v) is 9.28. The van der Waals surface area contributed by atoms with Crippen LogP contribution in [0.4, 0.5) is 4.39 Å². The van der Waals surface area contributed by atoms with Gasteiger partial charge in [0, 0.05) is 38.0 Å². The first-order chi connectivity index (χ1) is 12.0. The second-order valence-electron chi connectivity index (χ2n) is 6.86. The van der Waals surface area contributed by atoms with Crippen LogP contribution in [-0.4, -0.2) is 47.8 Å². The summed E-state index contributed by atoms with van der Waals surface area (Å²) in [5.41, 5.74) is 0.575. The Morgan fingerprint density at radius 1 is 1.00 bits per heavy atom. The minimum absolute atomic E-state index is 0.0397. The van der Waals surface area contributed by atoms with Crippen molar-refractivity contribution in [2.24, 2.45) is 11.8 Å². The van der Waals surface area contributed by atoms with Crippen molar-refractivity contribution in [2.75, 3.05) is 26.2 Å². The molecule has 138 valence electrons. The molecule has 25 heavy (non-hydrogen) atoms. The molecule has 2 amide bonds. The zero-order chi connectivity index (χ0) is 18.4. The Bertz CT molecular complexity index is 593. The number of carbonyl (C=O) groups excluding carboxylic acids is 2. The number of piperazine rings is 1. The number of rotatable bonds is 6. The Morgan fingerprint density at radius 2 is 1.52 bits per heavy atom. The summed E-state index contributed by atoms with van der Waals surface area (Å²) in [5.74, 6) is -0.197. The van der Waals surface area contributed by atoms with Crippen molar-refractivity contribution in [3.05, 3.63) is 35.6 Å². The topological polar surface area (TPSA) is 40.6 Å². The lowest BCUT2D eigenvalue weighted by atomic mass is 9.98. The lowest BCUT2D eigenvalue weighted by Crippen LogP contribution is -2.53. The van der Waals surface area contributed by atoms with Crippen LogP contribution in [0.25, 0.3) is 0 Å². The highest BCUT2D eigenvalue weighted by atomic mass is 19.1. The maximum Gasteiger partial charge on any atom is 0.225 e. The highest BCUT2D eigenvalue weighted by Gasteiger charge is 2.29. The van der Waals surface area contributed by atoms with E-state index in [2.05, 4.69) is 0 Å². The van der Waals surface area contributed by atoms with Crippen molar-refractivity contribution in [1.29, 1.82) is 0 Å². The van der Waals surface area contributed by atoms with Gasteiger partial charge in [-0.05, 0) is 30.9 Å². The van der Waals surface area contributed by atoms with Crippen LogP contribution in [0.15, 0.2) is 24.3 Å². The van der Waals surface area contributed by atoms with Crippen LogP contribution in [-0.2, 0) is 16.0 Å². The third-order valence-corrected chi connectivity index (χ3v) is 5.14. The van der Waals surface area contributed by atoms with Gasteiger partial charge in [-0.1, -0.05) is 39.0 Å². The van der Waals surface area contributed by atoms with Crippen molar-refractivity contribution in [2.45, 2.75) is 40.0 Å². The smallest absolute Gasteiger partial charge is 0.225 e. The Kier molecular flexibility index (Phi) is 6.97. The minimum atomic E-state index is -0.266. The van der Waals surface area contributed by atoms with Gasteiger partial charge in [0.15, 0.2) is 0 Å². The Hall–Kier alpha value is -1.91. The summed E-state index contributed by atoms with van der Waals surface area (Å²) in [6.45, 7) is 8.22. The zero-order valence-electron chi connectivity index (χ0n) is 15.5. The van der Waals surface area contributed by atoms with E-state index in [4.69, 9.17) is 0 Å². The maximum absolute atomic E-state index is 13.8. The van der Waals surface area contributed by atoms with E-state index in [-0.39, 0.29) is 29.5 Å². The number of carbonyl (C=O) groups is 2. The molecule has 1 aliphatic heterocycles. The first-order valence-electron chi connectivity index (χ1n) is 9.28. The van der Waals surface area contributed by atoms with Gasteiger partial charge in [-0.2, -0.15) is 0 Å². The molecule has 1 atom stereocenters. The SMILES string of the molecule is CCC(CC)C(=O)N1CCN(C(=O)C(C)Cc2ccccc2F)CC1. The average molecular weight is 348 g/mol. The fourth-order valence-electron chi connectivity index (χ4n) is 3.44. The molecule has 1 heterocycles. The van der Waals surface area contributed by atoms with E-state index < -0.39 is 0 Å². The minimum Gasteiger partial charge on any atom is -0.339 e. The molecule has 1 saturated heterocycles. The molecule has 4 nitrogen and oxygen atoms in total. The summed E-state index contributed by atoms with van der Waals surface area (Å²) >= 11 is 0. The largest absolute Gasteiger partial charge is 0.339 e. The molecule has 1 fully saturated rings. The summed E-state index contributed by atoms with van der Waals surface area (Å²) < 4.78 is 13.8. The fourth-order valence-corrected chi connectivity index (χ4v) is 3.44. The number of benzene rings is 1. The summed E-state index contributed by atoms with van der Waals surface area (Å²) in [6, 6.07) is 6.60. The van der Waals surface area contributed by atoms with Gasteiger partial charge in [0.05, 0.1) is 0 Å². The Labute approximate surface area is 150 Å². The molecular weight excluding hydrogens is 319 g/mol. The molecule has 0 saturated carbocycles. The summed E-state index contributed by atoms with van der Waals surface area (Å²) in [5, 5.41) is 0. The second-order valence-corrected chi connectivity index (χ2v) is 6.86. The predicted molar refractivity (Wildman–Crippen MR) is 96.5 cm³/mol. The number of halogens is 1. The Balaban J connectivity index is 1.88. The van der Waals surface area contributed by atoms with Gasteiger partial charge in [0.2, 0.25) is 11.8 Å². The molecule has 2 rings (SSSR count). The number of hydrogen-bond donors (Lipinski definition) is 0. The highest BCUT2D eigenvalue weighted by molar-refractivity contribution is 5.81. The van der Waals surface area contributed by atoms with E-state index in [1.165, 1.54) is 6.07 Å². The normalized spacial score (nSPS) is 16.2. The van der Waals surface area contributed by atoms with Crippen molar-refractivity contribution < 1.29 is 14.0 Å². The van der Waals surface area contributed by atoms with Crippen molar-refractivity contribution >= 4 is 11.8 Å². The molecule has 1 aromatic rings. The van der Waals surface area contributed by atoms with Crippen molar-refractivity contribution in [1.82, 2.24) is 9.80 Å². The molecule has 1 aliphatic rings. The third kappa shape index (κ3) is 4.80. The quantitative estimate of drug-likeness (QED) is 0.792. The standard InChI is InChI=1S/C20H29FN2O2/c1-4-16(5-2)20(25)23-12-10-22(11-13-23)19(24)15(3)14-17-8-6-7-9-18(17)21/h6-9,15-16H,4-5,10-14H2,1-3H3. The van der Waals surface area contributed by atoms with Gasteiger partial charge in [-0.3, -0.25) is 9.59 Å². The monoisotopic (exact) mass is 348 g/mol. The van der Waals surface area contributed by atoms with Crippen LogP contribution in [0.1, 0.15) is 39.2 Å². The maximum atomic E-state index is 13.8. The van der Waals surface area contributed by atoms with Gasteiger partial charge < -0.3 is 9.80 Å². The summed E-state index contributed by atoms with van der Waals surface area (Å²) in [7, 11) is 0. The second kappa shape index (κ2) is 8.97. The highest BCUT2D eigenvalue weighted by Crippen LogP contribution is 2.17. The summed E-state index contributed by atoms with van der Waals surface area (Å²) in [4.78, 5) is 28.8. The molecule has 0 N–H and O–H groups in total.